The van der Waals surface area contributed by atoms with E-state index in [4.69, 9.17) is 9.15 Å². The van der Waals surface area contributed by atoms with Gasteiger partial charge in [0.05, 0.1) is 12.5 Å². The first-order valence-electron chi connectivity index (χ1n) is 9.61. The molecular formula is C25H21NO4. The van der Waals surface area contributed by atoms with Crippen LogP contribution in [0.4, 0.5) is 0 Å². The van der Waals surface area contributed by atoms with Crippen molar-refractivity contribution in [3.8, 4) is 16.9 Å². The van der Waals surface area contributed by atoms with Crippen molar-refractivity contribution in [2.45, 2.75) is 13.5 Å². The van der Waals surface area contributed by atoms with Crippen molar-refractivity contribution in [2.75, 3.05) is 7.11 Å². The third kappa shape index (κ3) is 3.70. The zero-order chi connectivity index (χ0) is 21.1. The van der Waals surface area contributed by atoms with Crippen LogP contribution in [-0.4, -0.2) is 13.0 Å². The molecule has 5 heteroatoms. The van der Waals surface area contributed by atoms with Gasteiger partial charge < -0.3 is 14.5 Å². The van der Waals surface area contributed by atoms with Crippen LogP contribution in [0.15, 0.2) is 82.0 Å². The molecule has 0 fully saturated rings. The van der Waals surface area contributed by atoms with Crippen molar-refractivity contribution in [3.05, 3.63) is 100 Å². The third-order valence-electron chi connectivity index (χ3n) is 5.02. The number of carbonyl (C=O) groups is 1. The van der Waals surface area contributed by atoms with E-state index in [2.05, 4.69) is 5.32 Å². The average molecular weight is 399 g/mol. The Morgan fingerprint density at radius 2 is 1.60 bits per heavy atom. The number of para-hydroxylation sites is 1. The summed E-state index contributed by atoms with van der Waals surface area (Å²) in [5, 5.41) is 3.97. The molecule has 0 atom stereocenters. The Morgan fingerprint density at radius 1 is 0.933 bits per heavy atom. The Kier molecular flexibility index (Phi) is 5.35. The molecular weight excluding hydrogens is 378 g/mol. The Balaban J connectivity index is 1.79. The molecule has 0 radical (unpaired) electrons. The molecule has 0 bridgehead atoms. The highest BCUT2D eigenvalue weighted by Gasteiger charge is 2.21. The molecule has 4 rings (SSSR count). The highest BCUT2D eigenvalue weighted by atomic mass is 16.5. The molecule has 0 saturated heterocycles. The van der Waals surface area contributed by atoms with Gasteiger partial charge in [0.15, 0.2) is 0 Å². The van der Waals surface area contributed by atoms with E-state index in [0.717, 1.165) is 16.7 Å². The van der Waals surface area contributed by atoms with E-state index in [9.17, 15) is 9.59 Å². The second-order valence-electron chi connectivity index (χ2n) is 7.00. The molecule has 0 spiro atoms. The summed E-state index contributed by atoms with van der Waals surface area (Å²) in [5.74, 6) is 0.216. The highest BCUT2D eigenvalue weighted by molar-refractivity contribution is 6.07. The van der Waals surface area contributed by atoms with Gasteiger partial charge in [-0.1, -0.05) is 66.2 Å². The van der Waals surface area contributed by atoms with E-state index in [1.165, 1.54) is 0 Å². The molecule has 1 amide bonds. The van der Waals surface area contributed by atoms with E-state index in [0.29, 0.717) is 22.1 Å². The second kappa shape index (κ2) is 8.25. The smallest absolute Gasteiger partial charge is 0.344 e. The average Bonchev–Trinajstić information content (AvgIpc) is 2.78. The van der Waals surface area contributed by atoms with E-state index in [-0.39, 0.29) is 12.3 Å². The van der Waals surface area contributed by atoms with Crippen LogP contribution in [0.25, 0.3) is 21.9 Å². The summed E-state index contributed by atoms with van der Waals surface area (Å²) in [6.07, 6.45) is 0. The van der Waals surface area contributed by atoms with Crippen LogP contribution in [0, 0.1) is 6.92 Å². The van der Waals surface area contributed by atoms with E-state index in [1.54, 1.807) is 19.2 Å². The predicted molar refractivity (Wildman–Crippen MR) is 117 cm³/mol. The fraction of sp³-hybridized carbons (Fsp3) is 0.120. The number of hydrogen-bond donors (Lipinski definition) is 1. The molecule has 4 aromatic rings. The minimum absolute atomic E-state index is 0.00236. The van der Waals surface area contributed by atoms with Gasteiger partial charge in [0, 0.05) is 23.1 Å². The molecule has 0 aliphatic rings. The molecule has 0 unspecified atom stereocenters. The first kappa shape index (κ1) is 19.5. The van der Waals surface area contributed by atoms with Gasteiger partial charge in [0.25, 0.3) is 5.91 Å². The minimum Gasteiger partial charge on any atom is -0.496 e. The topological polar surface area (TPSA) is 68.5 Å². The lowest BCUT2D eigenvalue weighted by atomic mass is 9.97. The van der Waals surface area contributed by atoms with E-state index >= 15 is 0 Å². The van der Waals surface area contributed by atoms with Crippen molar-refractivity contribution in [1.29, 1.82) is 0 Å². The van der Waals surface area contributed by atoms with Crippen LogP contribution in [-0.2, 0) is 6.54 Å². The Hall–Kier alpha value is -3.86. The molecule has 1 N–H and O–H groups in total. The van der Waals surface area contributed by atoms with E-state index < -0.39 is 11.5 Å². The van der Waals surface area contributed by atoms with E-state index in [1.807, 2.05) is 67.6 Å². The number of aryl methyl sites for hydroxylation is 1. The highest BCUT2D eigenvalue weighted by Crippen LogP contribution is 2.31. The number of methoxy groups -OCH3 is 1. The predicted octanol–water partition coefficient (Wildman–Crippen LogP) is 4.71. The summed E-state index contributed by atoms with van der Waals surface area (Å²) in [4.78, 5) is 25.6. The van der Waals surface area contributed by atoms with Crippen molar-refractivity contribution >= 4 is 16.7 Å². The van der Waals surface area contributed by atoms with Gasteiger partial charge in [-0.25, -0.2) is 4.79 Å². The summed E-state index contributed by atoms with van der Waals surface area (Å²) in [6, 6.07) is 22.4. The molecule has 1 heterocycles. The fourth-order valence-electron chi connectivity index (χ4n) is 3.47. The molecule has 0 aliphatic carbocycles. The number of fused-ring (bicyclic) bond motifs is 1. The third-order valence-corrected chi connectivity index (χ3v) is 5.02. The van der Waals surface area contributed by atoms with Crippen molar-refractivity contribution in [2.24, 2.45) is 0 Å². The Labute approximate surface area is 173 Å². The monoisotopic (exact) mass is 399 g/mol. The number of carbonyl (C=O) groups excluding carboxylic acids is 1. The molecule has 150 valence electrons. The lowest BCUT2D eigenvalue weighted by Gasteiger charge is -2.13. The van der Waals surface area contributed by atoms with Crippen LogP contribution in [0.3, 0.4) is 0 Å². The molecule has 5 nitrogen and oxygen atoms in total. The molecule has 3 aromatic carbocycles. The van der Waals surface area contributed by atoms with Gasteiger partial charge >= 0.3 is 5.63 Å². The van der Waals surface area contributed by atoms with Crippen LogP contribution >= 0.6 is 0 Å². The first-order valence-corrected chi connectivity index (χ1v) is 9.61. The standard InChI is InChI=1S/C25H21NO4/c1-16-11-13-17(14-12-16)22-19-8-4-5-9-20(19)25(28)30-23(22)24(27)26-15-18-7-3-6-10-21(18)29-2/h3-14H,15H2,1-2H3,(H,26,27). The molecule has 1 aromatic heterocycles. The van der Waals surface area contributed by atoms with Gasteiger partial charge in [-0.3, -0.25) is 4.79 Å². The van der Waals surface area contributed by atoms with Crippen LogP contribution in [0.2, 0.25) is 0 Å². The van der Waals surface area contributed by atoms with Crippen LogP contribution < -0.4 is 15.7 Å². The Bertz CT molecular complexity index is 1270. The SMILES string of the molecule is COc1ccccc1CNC(=O)c1oc(=O)c2ccccc2c1-c1ccc(C)cc1. The number of nitrogens with one attached hydrogen (secondary N) is 1. The van der Waals surface area contributed by atoms with Crippen LogP contribution in [0.5, 0.6) is 5.75 Å². The zero-order valence-corrected chi connectivity index (χ0v) is 16.8. The van der Waals surface area contributed by atoms with Crippen LogP contribution in [0.1, 0.15) is 21.7 Å². The summed E-state index contributed by atoms with van der Waals surface area (Å²) < 4.78 is 10.9. The fourth-order valence-corrected chi connectivity index (χ4v) is 3.47. The number of rotatable bonds is 5. The van der Waals surface area contributed by atoms with Crippen molar-refractivity contribution < 1.29 is 13.9 Å². The summed E-state index contributed by atoms with van der Waals surface area (Å²) in [6.45, 7) is 2.24. The zero-order valence-electron chi connectivity index (χ0n) is 16.8. The van der Waals surface area contributed by atoms with Gasteiger partial charge in [0.2, 0.25) is 5.76 Å². The molecule has 30 heavy (non-hydrogen) atoms. The first-order chi connectivity index (χ1) is 14.6. The normalized spacial score (nSPS) is 10.7. The van der Waals surface area contributed by atoms with Gasteiger partial charge in [0.1, 0.15) is 5.75 Å². The summed E-state index contributed by atoms with van der Waals surface area (Å²) in [5.41, 5.74) is 2.80. The minimum atomic E-state index is -0.538. The largest absolute Gasteiger partial charge is 0.496 e. The molecule has 0 saturated carbocycles. The second-order valence-corrected chi connectivity index (χ2v) is 7.00. The van der Waals surface area contributed by atoms with Crippen molar-refractivity contribution in [3.63, 3.8) is 0 Å². The number of benzene rings is 3. The lowest BCUT2D eigenvalue weighted by molar-refractivity contribution is 0.0920. The maximum atomic E-state index is 13.1. The van der Waals surface area contributed by atoms with Gasteiger partial charge in [-0.2, -0.15) is 0 Å². The maximum absolute atomic E-state index is 13.1. The summed E-state index contributed by atoms with van der Waals surface area (Å²) in [7, 11) is 1.58. The van der Waals surface area contributed by atoms with Gasteiger partial charge in [-0.05, 0) is 24.6 Å². The quantitative estimate of drug-likeness (QED) is 0.528. The Morgan fingerprint density at radius 3 is 2.33 bits per heavy atom. The number of ether oxygens (including phenoxy) is 1. The lowest BCUT2D eigenvalue weighted by Crippen LogP contribution is -2.25. The number of hydrogen-bond acceptors (Lipinski definition) is 4. The molecule has 0 aliphatic heterocycles. The summed E-state index contributed by atoms with van der Waals surface area (Å²) >= 11 is 0. The van der Waals surface area contributed by atoms with Gasteiger partial charge in [-0.15, -0.1) is 0 Å². The van der Waals surface area contributed by atoms with Crippen molar-refractivity contribution in [1.82, 2.24) is 5.32 Å². The number of amides is 1. The maximum Gasteiger partial charge on any atom is 0.344 e.